The van der Waals surface area contributed by atoms with Crippen LogP contribution in [-0.2, 0) is 0 Å². The Hall–Kier alpha value is -4.30. The molecule has 1 N–H and O–H groups in total. The highest BCUT2D eigenvalue weighted by Crippen LogP contribution is 2.31. The molecule has 2 aromatic carbocycles. The fourth-order valence-corrected chi connectivity index (χ4v) is 5.20. The summed E-state index contributed by atoms with van der Waals surface area (Å²) in [6, 6.07) is 17.9. The zero-order valence-electron chi connectivity index (χ0n) is 19.0. The SMILES string of the molecule is Cc1cccn2cc(-c3ccccc3NC(=O)c3sc4nc(-c5ccc(F)cc5)cn4c3C)nc12. The average molecular weight is 482 g/mol. The lowest BCUT2D eigenvalue weighted by Gasteiger charge is -2.09. The number of hydrogen-bond donors (Lipinski definition) is 1. The van der Waals surface area contributed by atoms with Crippen LogP contribution in [0.4, 0.5) is 10.1 Å². The first-order valence-corrected chi connectivity index (χ1v) is 11.9. The monoisotopic (exact) mass is 481 g/mol. The van der Waals surface area contributed by atoms with Gasteiger partial charge in [0.1, 0.15) is 16.3 Å². The molecule has 172 valence electrons. The van der Waals surface area contributed by atoms with Gasteiger partial charge >= 0.3 is 0 Å². The number of halogens is 1. The molecule has 0 spiro atoms. The molecule has 1 amide bonds. The van der Waals surface area contributed by atoms with E-state index >= 15 is 0 Å². The third-order valence-electron chi connectivity index (χ3n) is 6.03. The average Bonchev–Trinajstić information content (AvgIpc) is 3.55. The molecule has 0 saturated carbocycles. The number of aryl methyl sites for hydroxylation is 2. The molecule has 6 aromatic rings. The van der Waals surface area contributed by atoms with Gasteiger partial charge in [-0.1, -0.05) is 35.6 Å². The van der Waals surface area contributed by atoms with E-state index in [1.807, 2.05) is 77.6 Å². The number of nitrogens with zero attached hydrogens (tertiary/aromatic N) is 4. The van der Waals surface area contributed by atoms with E-state index in [4.69, 9.17) is 4.98 Å². The lowest BCUT2D eigenvalue weighted by atomic mass is 10.1. The summed E-state index contributed by atoms with van der Waals surface area (Å²) in [4.78, 5) is 24.0. The second-order valence-electron chi connectivity index (χ2n) is 8.35. The van der Waals surface area contributed by atoms with Crippen molar-refractivity contribution in [3.05, 3.63) is 101 Å². The number of carbonyl (C=O) groups excluding carboxylic acids is 1. The fraction of sp³-hybridized carbons (Fsp3) is 0.0741. The van der Waals surface area contributed by atoms with Gasteiger partial charge in [0.2, 0.25) is 0 Å². The van der Waals surface area contributed by atoms with Crippen LogP contribution in [0, 0.1) is 19.7 Å². The van der Waals surface area contributed by atoms with E-state index in [0.717, 1.165) is 39.4 Å². The van der Waals surface area contributed by atoms with Crippen molar-refractivity contribution in [1.29, 1.82) is 0 Å². The standard InChI is InChI=1S/C27H20FN5OS/c1-16-6-5-13-32-14-23(29-25(16)32)20-7-3-4-8-21(20)30-26(34)24-17(2)33-15-22(31-27(33)35-24)18-9-11-19(28)12-10-18/h3-15H,1-2H3,(H,30,34). The summed E-state index contributed by atoms with van der Waals surface area (Å²) in [7, 11) is 0. The molecule has 6 nitrogen and oxygen atoms in total. The highest BCUT2D eigenvalue weighted by molar-refractivity contribution is 7.19. The van der Waals surface area contributed by atoms with Gasteiger partial charge in [-0.2, -0.15) is 0 Å². The topological polar surface area (TPSA) is 63.7 Å². The molecule has 6 rings (SSSR count). The highest BCUT2D eigenvalue weighted by atomic mass is 32.1. The third-order valence-corrected chi connectivity index (χ3v) is 7.19. The third kappa shape index (κ3) is 3.68. The fourth-order valence-electron chi connectivity index (χ4n) is 4.20. The van der Waals surface area contributed by atoms with Crippen LogP contribution in [0.3, 0.4) is 0 Å². The van der Waals surface area contributed by atoms with E-state index < -0.39 is 0 Å². The number of carbonyl (C=O) groups is 1. The van der Waals surface area contributed by atoms with Gasteiger partial charge < -0.3 is 9.72 Å². The van der Waals surface area contributed by atoms with Crippen LogP contribution >= 0.6 is 11.3 Å². The zero-order valence-corrected chi connectivity index (χ0v) is 19.8. The molecule has 0 saturated heterocycles. The lowest BCUT2D eigenvalue weighted by Crippen LogP contribution is -2.12. The lowest BCUT2D eigenvalue weighted by molar-refractivity contribution is 0.102. The van der Waals surface area contributed by atoms with Gasteiger partial charge in [0.05, 0.1) is 17.1 Å². The smallest absolute Gasteiger partial charge is 0.267 e. The maximum Gasteiger partial charge on any atom is 0.267 e. The summed E-state index contributed by atoms with van der Waals surface area (Å²) in [5, 5.41) is 3.07. The second-order valence-corrected chi connectivity index (χ2v) is 9.33. The van der Waals surface area contributed by atoms with E-state index in [9.17, 15) is 9.18 Å². The number of anilines is 1. The Labute approximate surface area is 204 Å². The van der Waals surface area contributed by atoms with Crippen molar-refractivity contribution in [1.82, 2.24) is 18.8 Å². The molecule has 8 heteroatoms. The number of thiazole rings is 1. The van der Waals surface area contributed by atoms with Crippen LogP contribution in [0.2, 0.25) is 0 Å². The van der Waals surface area contributed by atoms with Gasteiger partial charge in [0, 0.05) is 35.4 Å². The Morgan fingerprint density at radius 1 is 0.943 bits per heavy atom. The minimum atomic E-state index is -0.288. The molecule has 0 fully saturated rings. The Morgan fingerprint density at radius 3 is 2.51 bits per heavy atom. The highest BCUT2D eigenvalue weighted by Gasteiger charge is 2.20. The molecule has 4 heterocycles. The Balaban J connectivity index is 1.32. The molecule has 0 aliphatic heterocycles. The minimum Gasteiger partial charge on any atom is -0.321 e. The van der Waals surface area contributed by atoms with Crippen LogP contribution in [0.1, 0.15) is 20.9 Å². The molecule has 0 aliphatic carbocycles. The summed E-state index contributed by atoms with van der Waals surface area (Å²) < 4.78 is 17.2. The molecule has 0 bridgehead atoms. The Bertz CT molecular complexity index is 1730. The number of benzene rings is 2. The van der Waals surface area contributed by atoms with Crippen molar-refractivity contribution in [2.24, 2.45) is 0 Å². The second kappa shape index (κ2) is 8.18. The molecular formula is C27H20FN5OS. The van der Waals surface area contributed by atoms with Gasteiger partial charge in [-0.05, 0) is 55.8 Å². The van der Waals surface area contributed by atoms with Crippen LogP contribution in [-0.4, -0.2) is 24.7 Å². The number of rotatable bonds is 4. The normalized spacial score (nSPS) is 11.4. The van der Waals surface area contributed by atoms with E-state index in [-0.39, 0.29) is 11.7 Å². The van der Waals surface area contributed by atoms with Crippen molar-refractivity contribution in [2.75, 3.05) is 5.32 Å². The van der Waals surface area contributed by atoms with Crippen molar-refractivity contribution in [2.45, 2.75) is 13.8 Å². The van der Waals surface area contributed by atoms with Gasteiger partial charge in [0.15, 0.2) is 4.96 Å². The largest absolute Gasteiger partial charge is 0.321 e. The number of para-hydroxylation sites is 1. The molecule has 0 unspecified atom stereocenters. The first-order chi connectivity index (χ1) is 17.0. The number of pyridine rings is 1. The minimum absolute atomic E-state index is 0.200. The van der Waals surface area contributed by atoms with Crippen LogP contribution in [0.15, 0.2) is 79.3 Å². The maximum atomic E-state index is 13.3. The molecule has 35 heavy (non-hydrogen) atoms. The first kappa shape index (κ1) is 21.2. The van der Waals surface area contributed by atoms with Gasteiger partial charge in [0.25, 0.3) is 5.91 Å². The predicted octanol–water partition coefficient (Wildman–Crippen LogP) is 6.39. The number of amides is 1. The van der Waals surface area contributed by atoms with E-state index in [1.165, 1.54) is 23.5 Å². The van der Waals surface area contributed by atoms with Gasteiger partial charge in [-0.25, -0.2) is 14.4 Å². The maximum absolute atomic E-state index is 13.3. The van der Waals surface area contributed by atoms with E-state index in [1.54, 1.807) is 12.1 Å². The quantitative estimate of drug-likeness (QED) is 0.318. The van der Waals surface area contributed by atoms with E-state index in [0.29, 0.717) is 15.5 Å². The first-order valence-electron chi connectivity index (χ1n) is 11.1. The molecular weight excluding hydrogens is 461 g/mol. The van der Waals surface area contributed by atoms with Crippen molar-refractivity contribution in [3.8, 4) is 22.5 Å². The summed E-state index contributed by atoms with van der Waals surface area (Å²) in [5.41, 5.74) is 6.65. The number of aromatic nitrogens is 4. The van der Waals surface area contributed by atoms with Crippen LogP contribution in [0.5, 0.6) is 0 Å². The van der Waals surface area contributed by atoms with Crippen molar-refractivity contribution >= 4 is 33.5 Å². The van der Waals surface area contributed by atoms with Crippen molar-refractivity contribution < 1.29 is 9.18 Å². The summed E-state index contributed by atoms with van der Waals surface area (Å²) >= 11 is 1.32. The molecule has 4 aromatic heterocycles. The number of nitrogens with one attached hydrogen (secondary N) is 1. The molecule has 0 radical (unpaired) electrons. The van der Waals surface area contributed by atoms with E-state index in [2.05, 4.69) is 10.3 Å². The zero-order chi connectivity index (χ0) is 24.1. The van der Waals surface area contributed by atoms with Crippen molar-refractivity contribution in [3.63, 3.8) is 0 Å². The van der Waals surface area contributed by atoms with Gasteiger partial charge in [-0.3, -0.25) is 9.20 Å². The van der Waals surface area contributed by atoms with Crippen LogP contribution < -0.4 is 5.32 Å². The summed E-state index contributed by atoms with van der Waals surface area (Å²) in [6.45, 7) is 3.92. The van der Waals surface area contributed by atoms with Gasteiger partial charge in [-0.15, -0.1) is 0 Å². The van der Waals surface area contributed by atoms with Crippen LogP contribution in [0.25, 0.3) is 33.1 Å². The Morgan fingerprint density at radius 2 is 1.74 bits per heavy atom. The summed E-state index contributed by atoms with van der Waals surface area (Å²) in [6.07, 6.45) is 5.80. The predicted molar refractivity (Wildman–Crippen MR) is 137 cm³/mol. The number of imidazole rings is 2. The Kier molecular flexibility index (Phi) is 4.96. The number of hydrogen-bond acceptors (Lipinski definition) is 4. The number of fused-ring (bicyclic) bond motifs is 2. The molecule has 0 aliphatic rings. The summed E-state index contributed by atoms with van der Waals surface area (Å²) in [5.74, 6) is -0.488. The molecule has 0 atom stereocenters.